The second-order valence-corrected chi connectivity index (χ2v) is 6.63. The van der Waals surface area contributed by atoms with E-state index in [-0.39, 0.29) is 29.4 Å². The fourth-order valence-electron chi connectivity index (χ4n) is 2.84. The summed E-state index contributed by atoms with van der Waals surface area (Å²) in [4.78, 5) is 16.3. The Morgan fingerprint density at radius 2 is 2.10 bits per heavy atom. The molecule has 2 atom stereocenters. The fourth-order valence-corrected chi connectivity index (χ4v) is 2.98. The Kier molecular flexibility index (Phi) is 6.26. The van der Waals surface area contributed by atoms with E-state index in [1.807, 2.05) is 0 Å². The molecule has 12 heteroatoms. The number of aromatic nitrogens is 5. The van der Waals surface area contributed by atoms with Gasteiger partial charge in [0.15, 0.2) is 5.82 Å². The molecular formula is C17H15Cl2FN6O3. The molecule has 0 saturated carbocycles. The van der Waals surface area contributed by atoms with Gasteiger partial charge in [0.1, 0.15) is 11.8 Å². The summed E-state index contributed by atoms with van der Waals surface area (Å²) < 4.78 is 19.2. The molecule has 1 aliphatic rings. The number of rotatable bonds is 5. The van der Waals surface area contributed by atoms with Crippen molar-refractivity contribution in [2.75, 3.05) is 6.54 Å². The zero-order valence-electron chi connectivity index (χ0n) is 14.7. The van der Waals surface area contributed by atoms with Crippen LogP contribution in [0.25, 0.3) is 11.4 Å². The predicted molar refractivity (Wildman–Crippen MR) is 103 cm³/mol. The predicted octanol–water partition coefficient (Wildman–Crippen LogP) is 2.73. The van der Waals surface area contributed by atoms with E-state index in [0.29, 0.717) is 30.1 Å². The molecule has 1 aliphatic heterocycles. The summed E-state index contributed by atoms with van der Waals surface area (Å²) in [7, 11) is 0. The zero-order valence-corrected chi connectivity index (χ0v) is 16.3. The summed E-state index contributed by atoms with van der Waals surface area (Å²) in [6.45, 7) is 0.458. The number of carboxylic acids is 1. The summed E-state index contributed by atoms with van der Waals surface area (Å²) in [5.41, 5.74) is 0.684. The zero-order chi connectivity index (χ0) is 19.7. The lowest BCUT2D eigenvalue weighted by molar-refractivity contribution is -0.139. The Labute approximate surface area is 175 Å². The number of carboxylic acid groups (broad SMARTS) is 1. The van der Waals surface area contributed by atoms with E-state index in [1.54, 1.807) is 24.3 Å². The lowest BCUT2D eigenvalue weighted by Gasteiger charge is -2.06. The fraction of sp³-hybridized carbons (Fsp3) is 0.235. The number of benzene rings is 1. The van der Waals surface area contributed by atoms with Gasteiger partial charge in [-0.1, -0.05) is 11.6 Å². The molecule has 0 spiro atoms. The first-order valence-electron chi connectivity index (χ1n) is 8.34. The molecule has 2 N–H and O–H groups in total. The van der Waals surface area contributed by atoms with Crippen molar-refractivity contribution in [1.82, 2.24) is 30.5 Å². The minimum Gasteiger partial charge on any atom is -0.480 e. The van der Waals surface area contributed by atoms with Gasteiger partial charge in [-0.05, 0) is 42.0 Å². The topological polar surface area (TPSA) is 115 Å². The lowest BCUT2D eigenvalue weighted by atomic mass is 10.2. The van der Waals surface area contributed by atoms with Crippen LogP contribution in [0.4, 0.5) is 4.39 Å². The molecule has 0 aliphatic carbocycles. The smallest absolute Gasteiger partial charge is 0.320 e. The largest absolute Gasteiger partial charge is 0.480 e. The van der Waals surface area contributed by atoms with Crippen LogP contribution in [0.2, 0.25) is 5.02 Å². The third kappa shape index (κ3) is 4.61. The average molecular weight is 441 g/mol. The lowest BCUT2D eigenvalue weighted by Crippen LogP contribution is -2.29. The van der Waals surface area contributed by atoms with E-state index in [1.165, 1.54) is 11.0 Å². The summed E-state index contributed by atoms with van der Waals surface area (Å²) in [6, 6.07) is 7.00. The molecule has 152 valence electrons. The number of nitrogens with one attached hydrogen (secondary N) is 1. The molecule has 4 rings (SSSR count). The van der Waals surface area contributed by atoms with Gasteiger partial charge in [0.25, 0.3) is 5.88 Å². The minimum atomic E-state index is -0.898. The van der Waals surface area contributed by atoms with Crippen molar-refractivity contribution in [2.24, 2.45) is 0 Å². The minimum absolute atomic E-state index is 0. The molecule has 1 saturated heterocycles. The number of carbonyl (C=O) groups is 1. The highest BCUT2D eigenvalue weighted by Gasteiger charge is 2.31. The van der Waals surface area contributed by atoms with Crippen molar-refractivity contribution in [3.05, 3.63) is 47.4 Å². The average Bonchev–Trinajstić information content (AvgIpc) is 3.34. The molecule has 0 bridgehead atoms. The molecule has 9 nitrogen and oxygen atoms in total. The van der Waals surface area contributed by atoms with Crippen molar-refractivity contribution >= 4 is 30.0 Å². The highest BCUT2D eigenvalue weighted by atomic mass is 35.5. The van der Waals surface area contributed by atoms with E-state index in [9.17, 15) is 9.18 Å². The highest BCUT2D eigenvalue weighted by molar-refractivity contribution is 6.30. The van der Waals surface area contributed by atoms with Crippen LogP contribution in [0.3, 0.4) is 0 Å². The first kappa shape index (κ1) is 20.9. The summed E-state index contributed by atoms with van der Waals surface area (Å²) in [5, 5.41) is 24.5. The van der Waals surface area contributed by atoms with Gasteiger partial charge in [-0.3, -0.25) is 4.79 Å². The maximum Gasteiger partial charge on any atom is 0.320 e. The number of pyridine rings is 1. The van der Waals surface area contributed by atoms with E-state index < -0.39 is 17.8 Å². The Morgan fingerprint density at radius 3 is 2.76 bits per heavy atom. The van der Waals surface area contributed by atoms with E-state index in [0.717, 1.165) is 6.07 Å². The van der Waals surface area contributed by atoms with Gasteiger partial charge in [0, 0.05) is 18.3 Å². The third-order valence-electron chi connectivity index (χ3n) is 4.26. The molecule has 1 fully saturated rings. The van der Waals surface area contributed by atoms with Gasteiger partial charge in [0.2, 0.25) is 5.82 Å². The van der Waals surface area contributed by atoms with Gasteiger partial charge >= 0.3 is 5.97 Å². The molecule has 0 unspecified atom stereocenters. The number of hydrogen-bond donors (Lipinski definition) is 2. The molecule has 1 aromatic carbocycles. The van der Waals surface area contributed by atoms with Crippen molar-refractivity contribution in [2.45, 2.75) is 18.5 Å². The number of tetrazole rings is 1. The second kappa shape index (κ2) is 8.68. The van der Waals surface area contributed by atoms with E-state index in [4.69, 9.17) is 21.4 Å². The van der Waals surface area contributed by atoms with Crippen molar-refractivity contribution in [1.29, 1.82) is 0 Å². The van der Waals surface area contributed by atoms with Gasteiger partial charge < -0.3 is 15.2 Å². The first-order valence-corrected chi connectivity index (χ1v) is 8.72. The number of ether oxygens (including phenoxy) is 1. The van der Waals surface area contributed by atoms with Crippen LogP contribution in [-0.2, 0) is 4.79 Å². The molecule has 2 aromatic heterocycles. The van der Waals surface area contributed by atoms with Crippen LogP contribution in [0, 0.1) is 5.82 Å². The van der Waals surface area contributed by atoms with E-state index in [2.05, 4.69) is 25.7 Å². The molecule has 29 heavy (non-hydrogen) atoms. The first-order chi connectivity index (χ1) is 13.5. The number of aliphatic carboxylic acids is 1. The van der Waals surface area contributed by atoms with Crippen LogP contribution < -0.4 is 10.1 Å². The number of nitrogens with zero attached hydrogens (tertiary/aromatic N) is 5. The monoisotopic (exact) mass is 440 g/mol. The Balaban J connectivity index is 0.00000240. The third-order valence-corrected chi connectivity index (χ3v) is 4.47. The van der Waals surface area contributed by atoms with Crippen molar-refractivity contribution in [3.63, 3.8) is 0 Å². The SMILES string of the molecule is Cl.O=C(O)[C@@H]1C[C@@H](n2nnc(-c3ccc(Oc4ncc(Cl)cc4F)cc3)n2)CN1. The molecule has 0 radical (unpaired) electrons. The van der Waals surface area contributed by atoms with Gasteiger partial charge in [-0.2, -0.15) is 4.80 Å². The quantitative estimate of drug-likeness (QED) is 0.621. The van der Waals surface area contributed by atoms with Crippen molar-refractivity contribution < 1.29 is 19.0 Å². The number of hydrogen-bond acceptors (Lipinski definition) is 7. The maximum atomic E-state index is 13.8. The van der Waals surface area contributed by atoms with Crippen LogP contribution in [0.1, 0.15) is 12.5 Å². The Hall–Kier alpha value is -2.82. The van der Waals surface area contributed by atoms with E-state index >= 15 is 0 Å². The van der Waals surface area contributed by atoms with Crippen LogP contribution in [0.15, 0.2) is 36.5 Å². The van der Waals surface area contributed by atoms with Crippen LogP contribution in [0.5, 0.6) is 11.6 Å². The Morgan fingerprint density at radius 1 is 1.34 bits per heavy atom. The summed E-state index contributed by atoms with van der Waals surface area (Å²) in [5.74, 6) is -0.964. The molecule has 3 heterocycles. The molecule has 3 aromatic rings. The molecule has 0 amide bonds. The molecular weight excluding hydrogens is 426 g/mol. The maximum absolute atomic E-state index is 13.8. The Bertz CT molecular complexity index is 1020. The summed E-state index contributed by atoms with van der Waals surface area (Å²) in [6.07, 6.45) is 1.68. The standard InChI is InChI=1S/C17H14ClFN6O3.ClH/c18-10-5-13(19)16(21-7-10)28-12-3-1-9(2-4-12)15-22-24-25(23-15)11-6-14(17(26)27)20-8-11;/h1-5,7,11,14,20H,6,8H2,(H,26,27);1H/t11-,14+;/m1./s1. The highest BCUT2D eigenvalue weighted by Crippen LogP contribution is 2.26. The van der Waals surface area contributed by atoms with Crippen LogP contribution >= 0.6 is 24.0 Å². The second-order valence-electron chi connectivity index (χ2n) is 6.19. The normalized spacial score (nSPS) is 18.3. The van der Waals surface area contributed by atoms with Gasteiger partial charge in [-0.25, -0.2) is 9.37 Å². The van der Waals surface area contributed by atoms with Crippen molar-refractivity contribution in [3.8, 4) is 23.0 Å². The number of halogens is 3. The summed E-state index contributed by atoms with van der Waals surface area (Å²) >= 11 is 5.67. The van der Waals surface area contributed by atoms with Gasteiger partial charge in [0.05, 0.1) is 11.1 Å². The van der Waals surface area contributed by atoms with Gasteiger partial charge in [-0.15, -0.1) is 22.6 Å². The van der Waals surface area contributed by atoms with Crippen LogP contribution in [-0.4, -0.2) is 48.9 Å².